The van der Waals surface area contributed by atoms with Gasteiger partial charge in [-0.25, -0.2) is 4.98 Å². The van der Waals surface area contributed by atoms with Crippen LogP contribution in [0.2, 0.25) is 0 Å². The number of nitrogens with two attached hydrogens (primary N) is 1. The van der Waals surface area contributed by atoms with Gasteiger partial charge in [-0.2, -0.15) is 4.98 Å². The maximum Gasteiger partial charge on any atom is 0.242 e. The van der Waals surface area contributed by atoms with E-state index in [-0.39, 0.29) is 0 Å². The van der Waals surface area contributed by atoms with Gasteiger partial charge in [-0.1, -0.05) is 6.92 Å². The van der Waals surface area contributed by atoms with Gasteiger partial charge in [-0.05, 0) is 25.7 Å². The molecule has 6 heteroatoms. The van der Waals surface area contributed by atoms with Crippen molar-refractivity contribution in [3.05, 3.63) is 6.33 Å². The van der Waals surface area contributed by atoms with Crippen molar-refractivity contribution >= 4 is 11.5 Å². The third-order valence-corrected chi connectivity index (χ3v) is 3.16. The fourth-order valence-electron chi connectivity index (χ4n) is 1.84. The molecule has 2 rings (SSSR count). The number of anilines is 2. The molecule has 1 aromatic rings. The lowest BCUT2D eigenvalue weighted by molar-refractivity contribution is -0.0202. The van der Waals surface area contributed by atoms with Gasteiger partial charge in [0, 0.05) is 6.54 Å². The van der Waals surface area contributed by atoms with E-state index in [1.807, 2.05) is 6.92 Å². The largest absolute Gasteiger partial charge is 0.476 e. The van der Waals surface area contributed by atoms with Gasteiger partial charge in [-0.15, -0.1) is 0 Å². The molecule has 1 saturated carbocycles. The van der Waals surface area contributed by atoms with E-state index in [4.69, 9.17) is 10.5 Å². The van der Waals surface area contributed by atoms with E-state index >= 15 is 0 Å². The lowest BCUT2D eigenvalue weighted by Gasteiger charge is -2.36. The van der Waals surface area contributed by atoms with Crippen LogP contribution in [0.3, 0.4) is 0 Å². The zero-order valence-electron chi connectivity index (χ0n) is 10.6. The average Bonchev–Trinajstić information content (AvgIpc) is 2.34. The standard InChI is InChI=1S/C12H20N4O2/c1-2-6-18-11-9(13)10(15-8-16-11)14-7-12(17)4-3-5-12/h8,17H,2-7,13H2,1H3,(H,14,15,16). The van der Waals surface area contributed by atoms with Crippen LogP contribution in [0.1, 0.15) is 32.6 Å². The summed E-state index contributed by atoms with van der Waals surface area (Å²) < 4.78 is 5.42. The molecule has 0 unspecified atom stereocenters. The van der Waals surface area contributed by atoms with Gasteiger partial charge in [0.25, 0.3) is 0 Å². The smallest absolute Gasteiger partial charge is 0.242 e. The SMILES string of the molecule is CCCOc1ncnc(NCC2(O)CCC2)c1N. The van der Waals surface area contributed by atoms with Crippen molar-refractivity contribution in [2.45, 2.75) is 38.2 Å². The summed E-state index contributed by atoms with van der Waals surface area (Å²) >= 11 is 0. The summed E-state index contributed by atoms with van der Waals surface area (Å²) in [6, 6.07) is 0. The summed E-state index contributed by atoms with van der Waals surface area (Å²) in [5, 5.41) is 13.1. The Kier molecular flexibility index (Phi) is 3.86. The zero-order chi connectivity index (χ0) is 13.0. The summed E-state index contributed by atoms with van der Waals surface area (Å²) in [5.41, 5.74) is 5.71. The predicted molar refractivity (Wildman–Crippen MR) is 69.5 cm³/mol. The quantitative estimate of drug-likeness (QED) is 0.704. The minimum atomic E-state index is -0.609. The van der Waals surface area contributed by atoms with Gasteiger partial charge in [0.05, 0.1) is 12.2 Å². The second kappa shape index (κ2) is 5.39. The molecule has 100 valence electrons. The van der Waals surface area contributed by atoms with Gasteiger partial charge in [0.1, 0.15) is 12.0 Å². The van der Waals surface area contributed by atoms with Gasteiger partial charge in [0.15, 0.2) is 5.82 Å². The number of nitrogen functional groups attached to an aromatic ring is 1. The highest BCUT2D eigenvalue weighted by atomic mass is 16.5. The Labute approximate surface area is 107 Å². The average molecular weight is 252 g/mol. The van der Waals surface area contributed by atoms with Crippen molar-refractivity contribution in [2.75, 3.05) is 24.2 Å². The van der Waals surface area contributed by atoms with Crippen LogP contribution < -0.4 is 15.8 Å². The Hall–Kier alpha value is -1.56. The third kappa shape index (κ3) is 2.81. The van der Waals surface area contributed by atoms with Gasteiger partial charge < -0.3 is 20.9 Å². The van der Waals surface area contributed by atoms with E-state index in [2.05, 4.69) is 15.3 Å². The molecule has 0 radical (unpaired) electrons. The molecule has 0 aliphatic heterocycles. The monoisotopic (exact) mass is 252 g/mol. The Balaban J connectivity index is 1.99. The van der Waals surface area contributed by atoms with E-state index in [0.29, 0.717) is 30.5 Å². The van der Waals surface area contributed by atoms with Crippen LogP contribution in [0.15, 0.2) is 6.33 Å². The minimum Gasteiger partial charge on any atom is -0.476 e. The van der Waals surface area contributed by atoms with Crippen LogP contribution in [0, 0.1) is 0 Å². The number of aliphatic hydroxyl groups is 1. The summed E-state index contributed by atoms with van der Waals surface area (Å²) in [7, 11) is 0. The van der Waals surface area contributed by atoms with Crippen molar-refractivity contribution in [3.63, 3.8) is 0 Å². The first-order valence-electron chi connectivity index (χ1n) is 6.34. The fraction of sp³-hybridized carbons (Fsp3) is 0.667. The lowest BCUT2D eigenvalue weighted by atomic mass is 9.80. The van der Waals surface area contributed by atoms with Crippen LogP contribution in [0.4, 0.5) is 11.5 Å². The minimum absolute atomic E-state index is 0.397. The van der Waals surface area contributed by atoms with Crippen LogP contribution >= 0.6 is 0 Å². The highest BCUT2D eigenvalue weighted by Crippen LogP contribution is 2.32. The Bertz CT molecular complexity index is 407. The number of nitrogens with one attached hydrogen (secondary N) is 1. The first kappa shape index (κ1) is 12.9. The molecule has 0 saturated heterocycles. The Morgan fingerprint density at radius 2 is 2.28 bits per heavy atom. The molecule has 0 spiro atoms. The third-order valence-electron chi connectivity index (χ3n) is 3.16. The lowest BCUT2D eigenvalue weighted by Crippen LogP contribution is -2.43. The maximum absolute atomic E-state index is 9.99. The molecular formula is C12H20N4O2. The number of ether oxygens (including phenoxy) is 1. The number of rotatable bonds is 6. The van der Waals surface area contributed by atoms with Crippen molar-refractivity contribution in [3.8, 4) is 5.88 Å². The second-order valence-electron chi connectivity index (χ2n) is 4.72. The topological polar surface area (TPSA) is 93.3 Å². The molecule has 1 heterocycles. The van der Waals surface area contributed by atoms with Crippen molar-refractivity contribution < 1.29 is 9.84 Å². The number of nitrogens with zero attached hydrogens (tertiary/aromatic N) is 2. The first-order valence-corrected chi connectivity index (χ1v) is 6.34. The number of aromatic nitrogens is 2. The molecule has 1 aromatic heterocycles. The van der Waals surface area contributed by atoms with Gasteiger partial charge in [0.2, 0.25) is 5.88 Å². The second-order valence-corrected chi connectivity index (χ2v) is 4.72. The molecule has 0 amide bonds. The van der Waals surface area contributed by atoms with E-state index in [0.717, 1.165) is 25.7 Å². The molecular weight excluding hydrogens is 232 g/mol. The van der Waals surface area contributed by atoms with Crippen molar-refractivity contribution in [1.29, 1.82) is 0 Å². The molecule has 6 nitrogen and oxygen atoms in total. The summed E-state index contributed by atoms with van der Waals surface area (Å²) in [4.78, 5) is 8.06. The Morgan fingerprint density at radius 1 is 1.50 bits per heavy atom. The van der Waals surface area contributed by atoms with Crippen LogP contribution in [0.25, 0.3) is 0 Å². The van der Waals surface area contributed by atoms with Gasteiger partial charge >= 0.3 is 0 Å². The zero-order valence-corrected chi connectivity index (χ0v) is 10.6. The fourth-order valence-corrected chi connectivity index (χ4v) is 1.84. The Morgan fingerprint density at radius 3 is 2.89 bits per heavy atom. The van der Waals surface area contributed by atoms with E-state index in [1.165, 1.54) is 6.33 Å². The summed E-state index contributed by atoms with van der Waals surface area (Å²) in [6.07, 6.45) is 5.02. The summed E-state index contributed by atoms with van der Waals surface area (Å²) in [5.74, 6) is 0.923. The molecule has 0 aromatic carbocycles. The molecule has 0 atom stereocenters. The van der Waals surface area contributed by atoms with Crippen molar-refractivity contribution in [1.82, 2.24) is 9.97 Å². The van der Waals surface area contributed by atoms with Gasteiger partial charge in [-0.3, -0.25) is 0 Å². The van der Waals surface area contributed by atoms with Crippen LogP contribution in [-0.2, 0) is 0 Å². The highest BCUT2D eigenvalue weighted by molar-refractivity contribution is 5.66. The number of hydrogen-bond donors (Lipinski definition) is 3. The van der Waals surface area contributed by atoms with E-state index in [9.17, 15) is 5.11 Å². The molecule has 4 N–H and O–H groups in total. The first-order chi connectivity index (χ1) is 8.64. The van der Waals surface area contributed by atoms with Crippen molar-refractivity contribution in [2.24, 2.45) is 0 Å². The summed E-state index contributed by atoms with van der Waals surface area (Å²) in [6.45, 7) is 3.05. The highest BCUT2D eigenvalue weighted by Gasteiger charge is 2.34. The molecule has 1 aliphatic rings. The van der Waals surface area contributed by atoms with Crippen LogP contribution in [0.5, 0.6) is 5.88 Å². The molecule has 1 fully saturated rings. The number of hydrogen-bond acceptors (Lipinski definition) is 6. The van der Waals surface area contributed by atoms with E-state index in [1.54, 1.807) is 0 Å². The van der Waals surface area contributed by atoms with E-state index < -0.39 is 5.60 Å². The maximum atomic E-state index is 9.99. The normalized spacial score (nSPS) is 17.0. The molecule has 18 heavy (non-hydrogen) atoms. The molecule has 1 aliphatic carbocycles. The molecule has 0 bridgehead atoms. The predicted octanol–water partition coefficient (Wildman–Crippen LogP) is 1.17. The van der Waals surface area contributed by atoms with Crippen LogP contribution in [-0.4, -0.2) is 33.8 Å².